The summed E-state index contributed by atoms with van der Waals surface area (Å²) in [6.07, 6.45) is 6.69. The molecule has 25 heavy (non-hydrogen) atoms. The second kappa shape index (κ2) is 8.09. The fourth-order valence-electron chi connectivity index (χ4n) is 3.74. The van der Waals surface area contributed by atoms with Crippen LogP contribution in [0.5, 0.6) is 11.5 Å². The summed E-state index contributed by atoms with van der Waals surface area (Å²) < 4.78 is 10.7. The summed E-state index contributed by atoms with van der Waals surface area (Å²) in [5.41, 5.74) is 0.661. The van der Waals surface area contributed by atoms with Gasteiger partial charge in [0.1, 0.15) is 0 Å². The van der Waals surface area contributed by atoms with Gasteiger partial charge in [-0.25, -0.2) is 0 Å². The van der Waals surface area contributed by atoms with Gasteiger partial charge in [0.25, 0.3) is 0 Å². The van der Waals surface area contributed by atoms with Gasteiger partial charge in [0.05, 0.1) is 19.6 Å². The molecule has 5 heteroatoms. The molecule has 0 unspecified atom stereocenters. The maximum Gasteiger partial charge on any atom is 0.230 e. The Kier molecular flexibility index (Phi) is 5.84. The molecule has 1 N–H and O–H groups in total. The largest absolute Gasteiger partial charge is 0.493 e. The fraction of sp³-hybridized carbons (Fsp3) is 0.650. The predicted octanol–water partition coefficient (Wildman–Crippen LogP) is 2.73. The molecule has 1 amide bonds. The Morgan fingerprint density at radius 2 is 1.84 bits per heavy atom. The summed E-state index contributed by atoms with van der Waals surface area (Å²) in [4.78, 5) is 15.2. The van der Waals surface area contributed by atoms with Crippen LogP contribution in [0.1, 0.15) is 44.1 Å². The van der Waals surface area contributed by atoms with Crippen molar-refractivity contribution in [2.45, 2.75) is 43.9 Å². The number of likely N-dealkylation sites (tertiary alicyclic amines) is 1. The van der Waals surface area contributed by atoms with Gasteiger partial charge in [0.2, 0.25) is 5.91 Å². The van der Waals surface area contributed by atoms with Crippen LogP contribution in [0, 0.1) is 0 Å². The average molecular weight is 346 g/mol. The highest BCUT2D eigenvalue weighted by atomic mass is 16.5. The van der Waals surface area contributed by atoms with Crippen molar-refractivity contribution < 1.29 is 14.3 Å². The van der Waals surface area contributed by atoms with Gasteiger partial charge in [-0.2, -0.15) is 0 Å². The molecule has 1 aliphatic carbocycles. The van der Waals surface area contributed by atoms with Gasteiger partial charge < -0.3 is 19.7 Å². The molecule has 0 atom stereocenters. The molecule has 3 rings (SSSR count). The van der Waals surface area contributed by atoms with Crippen molar-refractivity contribution in [1.29, 1.82) is 0 Å². The van der Waals surface area contributed by atoms with Crippen molar-refractivity contribution in [3.8, 4) is 11.5 Å². The number of benzene rings is 1. The van der Waals surface area contributed by atoms with Crippen LogP contribution in [0.15, 0.2) is 18.2 Å². The maximum atomic E-state index is 12.7. The van der Waals surface area contributed by atoms with E-state index in [-0.39, 0.29) is 11.3 Å². The van der Waals surface area contributed by atoms with Gasteiger partial charge in [-0.3, -0.25) is 4.79 Å². The van der Waals surface area contributed by atoms with Crippen molar-refractivity contribution in [3.63, 3.8) is 0 Å². The van der Waals surface area contributed by atoms with E-state index in [1.165, 1.54) is 25.9 Å². The van der Waals surface area contributed by atoms with Crippen LogP contribution >= 0.6 is 0 Å². The molecule has 0 aromatic heterocycles. The van der Waals surface area contributed by atoms with Crippen LogP contribution in [0.3, 0.4) is 0 Å². The lowest BCUT2D eigenvalue weighted by atomic mass is 9.94. The lowest BCUT2D eigenvalue weighted by Crippen LogP contribution is -2.35. The van der Waals surface area contributed by atoms with Crippen LogP contribution in [-0.4, -0.2) is 51.2 Å². The summed E-state index contributed by atoms with van der Waals surface area (Å²) in [5.74, 6) is 1.54. The van der Waals surface area contributed by atoms with Crippen molar-refractivity contribution in [2.75, 3.05) is 40.4 Å². The normalized spacial score (nSPS) is 18.8. The summed E-state index contributed by atoms with van der Waals surface area (Å²) in [5, 5.41) is 3.15. The van der Waals surface area contributed by atoms with E-state index in [0.29, 0.717) is 11.5 Å². The molecule has 0 spiro atoms. The number of hydrogen-bond donors (Lipinski definition) is 1. The zero-order valence-electron chi connectivity index (χ0n) is 15.5. The smallest absolute Gasteiger partial charge is 0.230 e. The molecule has 1 saturated heterocycles. The minimum absolute atomic E-state index is 0.154. The van der Waals surface area contributed by atoms with Crippen molar-refractivity contribution >= 4 is 5.91 Å². The van der Waals surface area contributed by atoms with Crippen molar-refractivity contribution in [3.05, 3.63) is 23.8 Å². The van der Waals surface area contributed by atoms with Gasteiger partial charge >= 0.3 is 0 Å². The molecule has 1 heterocycles. The van der Waals surface area contributed by atoms with E-state index in [0.717, 1.165) is 44.3 Å². The molecule has 0 radical (unpaired) electrons. The van der Waals surface area contributed by atoms with Crippen LogP contribution in [-0.2, 0) is 10.2 Å². The van der Waals surface area contributed by atoms with E-state index in [1.807, 2.05) is 18.2 Å². The lowest BCUT2D eigenvalue weighted by molar-refractivity contribution is -0.123. The molecule has 1 aromatic rings. The SMILES string of the molecule is COc1ccc(C2(C(=O)NCCCCN3CCCC3)CC2)cc1OC. The summed E-state index contributed by atoms with van der Waals surface area (Å²) in [6, 6.07) is 5.82. The number of amides is 1. The number of nitrogens with one attached hydrogen (secondary N) is 1. The topological polar surface area (TPSA) is 50.8 Å². The second-order valence-corrected chi connectivity index (χ2v) is 7.16. The minimum Gasteiger partial charge on any atom is -0.493 e. The first-order valence-corrected chi connectivity index (χ1v) is 9.43. The fourth-order valence-corrected chi connectivity index (χ4v) is 3.74. The zero-order valence-corrected chi connectivity index (χ0v) is 15.5. The van der Waals surface area contributed by atoms with Crippen LogP contribution in [0.2, 0.25) is 0 Å². The molecule has 5 nitrogen and oxygen atoms in total. The maximum absolute atomic E-state index is 12.7. The number of rotatable bonds is 9. The van der Waals surface area contributed by atoms with Gasteiger partial charge in [-0.15, -0.1) is 0 Å². The van der Waals surface area contributed by atoms with E-state index in [4.69, 9.17) is 9.47 Å². The number of ether oxygens (including phenoxy) is 2. The third-order valence-corrected chi connectivity index (χ3v) is 5.51. The van der Waals surface area contributed by atoms with Gasteiger partial charge in [-0.1, -0.05) is 6.07 Å². The molecule has 1 aliphatic heterocycles. The minimum atomic E-state index is -0.367. The van der Waals surface area contributed by atoms with Crippen LogP contribution in [0.4, 0.5) is 0 Å². The predicted molar refractivity (Wildman–Crippen MR) is 98.4 cm³/mol. The molecule has 0 bridgehead atoms. The Hall–Kier alpha value is -1.75. The van der Waals surface area contributed by atoms with Crippen molar-refractivity contribution in [1.82, 2.24) is 10.2 Å². The Morgan fingerprint density at radius 1 is 1.12 bits per heavy atom. The quantitative estimate of drug-likeness (QED) is 0.699. The van der Waals surface area contributed by atoms with Gasteiger partial charge in [0, 0.05) is 6.54 Å². The Balaban J connectivity index is 1.49. The first-order valence-electron chi connectivity index (χ1n) is 9.43. The third kappa shape index (κ3) is 4.09. The number of hydrogen-bond acceptors (Lipinski definition) is 4. The monoisotopic (exact) mass is 346 g/mol. The van der Waals surface area contributed by atoms with E-state index in [9.17, 15) is 4.79 Å². The highest BCUT2D eigenvalue weighted by Gasteiger charge is 2.51. The highest BCUT2D eigenvalue weighted by Crippen LogP contribution is 2.50. The molecule has 2 aliphatic rings. The standard InChI is InChI=1S/C20H30N2O3/c1-24-17-8-7-16(15-18(17)25-2)20(9-10-20)19(23)21-11-3-4-12-22-13-5-6-14-22/h7-8,15H,3-6,9-14H2,1-2H3,(H,21,23). The number of carbonyl (C=O) groups is 1. The molecular formula is C20H30N2O3. The number of unbranched alkanes of at least 4 members (excludes halogenated alkanes) is 1. The first kappa shape index (κ1) is 18.1. The highest BCUT2D eigenvalue weighted by molar-refractivity contribution is 5.91. The Morgan fingerprint density at radius 3 is 2.48 bits per heavy atom. The summed E-state index contributed by atoms with van der Waals surface area (Å²) >= 11 is 0. The first-order chi connectivity index (χ1) is 12.2. The van der Waals surface area contributed by atoms with Gasteiger partial charge in [0.15, 0.2) is 11.5 Å². The van der Waals surface area contributed by atoms with Crippen LogP contribution < -0.4 is 14.8 Å². The Labute approximate surface area is 150 Å². The molecule has 138 valence electrons. The summed E-state index contributed by atoms with van der Waals surface area (Å²) in [7, 11) is 3.25. The van der Waals surface area contributed by atoms with E-state index < -0.39 is 0 Å². The number of carbonyl (C=O) groups excluding carboxylic acids is 1. The van der Waals surface area contributed by atoms with E-state index in [2.05, 4.69) is 10.2 Å². The molecule has 1 saturated carbocycles. The van der Waals surface area contributed by atoms with E-state index >= 15 is 0 Å². The Bertz CT molecular complexity index is 593. The second-order valence-electron chi connectivity index (χ2n) is 7.16. The van der Waals surface area contributed by atoms with Gasteiger partial charge in [-0.05, 0) is 75.9 Å². The van der Waals surface area contributed by atoms with Crippen LogP contribution in [0.25, 0.3) is 0 Å². The lowest BCUT2D eigenvalue weighted by Gasteiger charge is -2.18. The molecule has 2 fully saturated rings. The third-order valence-electron chi connectivity index (χ3n) is 5.51. The average Bonchev–Trinajstić information content (AvgIpc) is 3.30. The van der Waals surface area contributed by atoms with E-state index in [1.54, 1.807) is 14.2 Å². The number of nitrogens with zero attached hydrogens (tertiary/aromatic N) is 1. The summed E-state index contributed by atoms with van der Waals surface area (Å²) in [6.45, 7) is 4.42. The van der Waals surface area contributed by atoms with Crippen molar-refractivity contribution in [2.24, 2.45) is 0 Å². The molecule has 1 aromatic carbocycles. The number of methoxy groups -OCH3 is 2. The zero-order chi connectivity index (χ0) is 17.7. The molecular weight excluding hydrogens is 316 g/mol.